The molecule has 0 spiro atoms. The quantitative estimate of drug-likeness (QED) is 0.0727. The normalized spacial score (nSPS) is 17.8. The van der Waals surface area contributed by atoms with Gasteiger partial charge in [-0.1, -0.05) is 89.9 Å². The van der Waals surface area contributed by atoms with E-state index in [0.717, 1.165) is 19.3 Å². The van der Waals surface area contributed by atoms with Gasteiger partial charge in [-0.2, -0.15) is 0 Å². The van der Waals surface area contributed by atoms with E-state index < -0.39 is 61.3 Å². The molecule has 0 aromatic carbocycles. The summed E-state index contributed by atoms with van der Waals surface area (Å²) in [4.78, 5) is 12.7. The fourth-order valence-electron chi connectivity index (χ4n) is 5.70. The fourth-order valence-corrected chi connectivity index (χ4v) is 5.70. The Morgan fingerprint density at radius 2 is 0.917 bits per heavy atom. The van der Waals surface area contributed by atoms with Crippen LogP contribution in [0.3, 0.4) is 0 Å². The van der Waals surface area contributed by atoms with Crippen LogP contribution in [0.1, 0.15) is 110 Å². The number of hydrogen-bond acceptors (Lipinski definition) is 8. The van der Waals surface area contributed by atoms with Gasteiger partial charge < -0.3 is 40.7 Å². The van der Waals surface area contributed by atoms with Gasteiger partial charge in [0, 0.05) is 41.4 Å². The molecule has 1 saturated heterocycles. The van der Waals surface area contributed by atoms with Crippen LogP contribution in [0.15, 0.2) is 0 Å². The summed E-state index contributed by atoms with van der Waals surface area (Å²) in [7, 11) is 0. The molecule has 0 aliphatic carbocycles. The molecule has 5 unspecified atom stereocenters. The smallest absolute Gasteiger partial charge is 0.297 e. The van der Waals surface area contributed by atoms with Gasteiger partial charge in [-0.3, -0.25) is 4.79 Å². The monoisotopic (exact) mass is 807 g/mol. The molecule has 0 saturated carbocycles. The highest BCUT2D eigenvalue weighted by Crippen LogP contribution is 2.25. The van der Waals surface area contributed by atoms with Crippen LogP contribution in [0, 0.1) is 142 Å². The van der Waals surface area contributed by atoms with Gasteiger partial charge in [0.2, 0.25) is 0 Å². The van der Waals surface area contributed by atoms with E-state index in [9.17, 15) is 35.4 Å². The maximum atomic E-state index is 12.7. The van der Waals surface area contributed by atoms with E-state index >= 15 is 0 Å². The summed E-state index contributed by atoms with van der Waals surface area (Å²) < 4.78 is 5.59. The Bertz CT molecular complexity index is 2140. The maximum absolute atomic E-state index is 12.7. The lowest BCUT2D eigenvalue weighted by Crippen LogP contribution is -2.59. The number of amides is 1. The second kappa shape index (κ2) is 36.0. The molecule has 8 atom stereocenters. The summed E-state index contributed by atoms with van der Waals surface area (Å²) in [6.45, 7) is 3.31. The average Bonchev–Trinajstić information content (AvgIpc) is 3.25. The van der Waals surface area contributed by atoms with Crippen molar-refractivity contribution < 1.29 is 40.2 Å². The van der Waals surface area contributed by atoms with Crippen molar-refractivity contribution in [2.75, 3.05) is 6.61 Å². The Hall–Kier alpha value is -6.09. The number of carbonyl (C=O) groups is 1. The third kappa shape index (κ3) is 26.0. The van der Waals surface area contributed by atoms with Crippen LogP contribution in [0.4, 0.5) is 0 Å². The topological polar surface area (TPSA) is 160 Å². The van der Waals surface area contributed by atoms with Crippen molar-refractivity contribution in [1.29, 1.82) is 0 Å². The van der Waals surface area contributed by atoms with E-state index in [4.69, 9.17) is 4.74 Å². The molecule has 1 amide bonds. The molecule has 9 nitrogen and oxygen atoms in total. The number of hydrogen-bond donors (Lipinski definition) is 7. The lowest BCUT2D eigenvalue weighted by molar-refractivity contribution is -0.231. The van der Waals surface area contributed by atoms with Crippen LogP contribution in [0.2, 0.25) is 0 Å². The first-order chi connectivity index (χ1) is 29.3. The van der Waals surface area contributed by atoms with Gasteiger partial charge >= 0.3 is 0 Å². The highest BCUT2D eigenvalue weighted by atomic mass is 16.5. The number of ether oxygens (including phenoxy) is 1. The molecule has 60 heavy (non-hydrogen) atoms. The lowest BCUT2D eigenvalue weighted by atomic mass is 9.90. The molecule has 0 bridgehead atoms. The van der Waals surface area contributed by atoms with Gasteiger partial charge in [0.25, 0.3) is 5.91 Å². The summed E-state index contributed by atoms with van der Waals surface area (Å²) in [6, 6.07) is -1.01. The van der Waals surface area contributed by atoms with E-state index in [2.05, 4.69) is 154 Å². The Labute approximate surface area is 358 Å². The first kappa shape index (κ1) is 51.9. The molecule has 1 heterocycles. The summed E-state index contributed by atoms with van der Waals surface area (Å²) in [5.41, 5.74) is 0. The summed E-state index contributed by atoms with van der Waals surface area (Å²) in [5.74, 6) is 58.8. The number of nitrogens with one attached hydrogen (secondary N) is 1. The van der Waals surface area contributed by atoms with Gasteiger partial charge in [0.05, 0.1) is 24.9 Å². The van der Waals surface area contributed by atoms with Gasteiger partial charge in [0.15, 0.2) is 0 Å². The summed E-state index contributed by atoms with van der Waals surface area (Å²) in [5, 5.41) is 64.9. The molecular formula is C51H53NO8. The first-order valence-electron chi connectivity index (χ1n) is 20.2. The van der Waals surface area contributed by atoms with Gasteiger partial charge in [0.1, 0.15) is 30.5 Å². The van der Waals surface area contributed by atoms with Crippen LogP contribution in [0.5, 0.6) is 0 Å². The highest BCUT2D eigenvalue weighted by molar-refractivity contribution is 5.94. The molecule has 1 aliphatic rings. The molecule has 1 rings (SSSR count). The Balaban J connectivity index is 2.73. The van der Waals surface area contributed by atoms with Gasteiger partial charge in [-0.05, 0) is 121 Å². The Morgan fingerprint density at radius 1 is 0.533 bits per heavy atom. The number of carbonyl (C=O) groups excluding carboxylic acids is 1. The van der Waals surface area contributed by atoms with Crippen molar-refractivity contribution in [3.63, 3.8) is 0 Å². The van der Waals surface area contributed by atoms with E-state index in [0.29, 0.717) is 12.8 Å². The number of aliphatic hydroxyl groups excluding tert-OH is 6. The molecule has 310 valence electrons. The third-order valence-corrected chi connectivity index (χ3v) is 8.84. The second-order valence-electron chi connectivity index (χ2n) is 13.4. The molecule has 7 N–H and O–H groups in total. The van der Waals surface area contributed by atoms with Crippen LogP contribution in [-0.2, 0) is 9.53 Å². The standard InChI is InChI=1S/C51H53NO8/c1-3-5-7-9-11-13-15-17-18-19-20-21-22-23-24-25-26-27-29-31-33-35-37-39-47(55)52-43(40-41-45-49(57)51(59)50(58)46(42-53)60-45)48(56)44(54)38-36-34-32-30-28-16-14-12-10-8-6-4-2/h43-46,48-51,53-54,56-59H,4,6,8,10,12,14,16,28,30,32,34,36,38,40-42H2,1-2H3,(H,52,55)/t43-,44+,45?,46?,48-,49?,50?,51?/m0/s1. The molecule has 0 aromatic rings. The number of aliphatic hydroxyl groups is 6. The van der Waals surface area contributed by atoms with Crippen LogP contribution >= 0.6 is 0 Å². The molecule has 0 aromatic heterocycles. The number of rotatable bonds is 20. The minimum absolute atomic E-state index is 0.0127. The van der Waals surface area contributed by atoms with Crippen LogP contribution in [0.25, 0.3) is 0 Å². The SMILES string of the molecule is CC#CC#CC#CC#CC#CC#CC#CC#CC#CC#CC#CC#CC(=O)N[C@@H](CCC1OC(CO)C(O)C(O)C1O)[C@H](O)[C@H](O)CCCCCCCCCCCCCC. The van der Waals surface area contributed by atoms with Gasteiger partial charge in [-0.25, -0.2) is 0 Å². The zero-order chi connectivity index (χ0) is 43.9. The van der Waals surface area contributed by atoms with Crippen molar-refractivity contribution >= 4 is 5.91 Å². The zero-order valence-corrected chi connectivity index (χ0v) is 34.4. The summed E-state index contributed by atoms with van der Waals surface area (Å²) in [6.07, 6.45) is 5.01. The number of unbranched alkanes of at least 4 members (excludes halogenated alkanes) is 11. The molecule has 1 fully saturated rings. The predicted octanol–water partition coefficient (Wildman–Crippen LogP) is 1.97. The lowest BCUT2D eigenvalue weighted by Gasteiger charge is -2.40. The van der Waals surface area contributed by atoms with Crippen molar-refractivity contribution in [2.24, 2.45) is 0 Å². The highest BCUT2D eigenvalue weighted by Gasteiger charge is 2.43. The predicted molar refractivity (Wildman–Crippen MR) is 232 cm³/mol. The molecule has 0 radical (unpaired) electrons. The third-order valence-electron chi connectivity index (χ3n) is 8.84. The summed E-state index contributed by atoms with van der Waals surface area (Å²) >= 11 is 0. The van der Waals surface area contributed by atoms with Crippen LogP contribution in [-0.4, -0.2) is 91.9 Å². The Kier molecular flexibility index (Phi) is 31.2. The van der Waals surface area contributed by atoms with Crippen LogP contribution < -0.4 is 5.32 Å². The van der Waals surface area contributed by atoms with Crippen molar-refractivity contribution in [1.82, 2.24) is 5.32 Å². The van der Waals surface area contributed by atoms with Crippen molar-refractivity contribution in [2.45, 2.75) is 159 Å². The van der Waals surface area contributed by atoms with E-state index in [1.807, 2.05) is 0 Å². The largest absolute Gasteiger partial charge is 0.394 e. The second-order valence-corrected chi connectivity index (χ2v) is 13.4. The van der Waals surface area contributed by atoms with E-state index in [1.165, 1.54) is 51.4 Å². The first-order valence-corrected chi connectivity index (χ1v) is 20.2. The molecule has 1 aliphatic heterocycles. The molecular weight excluding hydrogens is 755 g/mol. The van der Waals surface area contributed by atoms with Crippen molar-refractivity contribution in [3.8, 4) is 142 Å². The van der Waals surface area contributed by atoms with Crippen molar-refractivity contribution in [3.05, 3.63) is 0 Å². The average molecular weight is 808 g/mol. The maximum Gasteiger partial charge on any atom is 0.297 e. The van der Waals surface area contributed by atoms with E-state index in [-0.39, 0.29) is 12.8 Å². The fraction of sp³-hybridized carbons (Fsp3) is 0.510. The minimum Gasteiger partial charge on any atom is -0.394 e. The Morgan fingerprint density at radius 3 is 1.33 bits per heavy atom. The van der Waals surface area contributed by atoms with Gasteiger partial charge in [-0.15, -0.1) is 0 Å². The van der Waals surface area contributed by atoms with E-state index in [1.54, 1.807) is 6.92 Å². The zero-order valence-electron chi connectivity index (χ0n) is 34.4. The molecule has 9 heteroatoms. The minimum atomic E-state index is -1.56.